The predicted octanol–water partition coefficient (Wildman–Crippen LogP) is 10.0. The summed E-state index contributed by atoms with van der Waals surface area (Å²) >= 11 is 1.50. The Morgan fingerprint density at radius 3 is 1.98 bits per heavy atom. The third-order valence-electron chi connectivity index (χ3n) is 11.1. The van der Waals surface area contributed by atoms with Crippen molar-refractivity contribution in [3.63, 3.8) is 0 Å². The Balaban J connectivity index is 1.01. The van der Waals surface area contributed by atoms with Crippen LogP contribution >= 0.6 is 11.3 Å². The monoisotopic (exact) mass is 849 g/mol. The molecule has 0 amide bonds. The summed E-state index contributed by atoms with van der Waals surface area (Å²) in [6.07, 6.45) is 13.5. The number of carbonyl (C=O) groups excluding carboxylic acids is 4. The average Bonchev–Trinajstić information content (AvgIpc) is 3.72. The number of benzene rings is 3. The number of hydrogen-bond donors (Lipinski definition) is 0. The molecule has 2 saturated carbocycles. The van der Waals surface area contributed by atoms with E-state index in [1.807, 2.05) is 24.3 Å². The summed E-state index contributed by atoms with van der Waals surface area (Å²) in [6.45, 7) is 10.8. The molecule has 0 saturated heterocycles. The fraction of sp³-hybridized carbons (Fsp3) is 0.417. The van der Waals surface area contributed by atoms with Gasteiger partial charge in [-0.15, -0.1) is 6.58 Å². The third-order valence-corrected chi connectivity index (χ3v) is 12.1. The van der Waals surface area contributed by atoms with Gasteiger partial charge in [-0.3, -0.25) is 14.4 Å². The quantitative estimate of drug-likeness (QED) is 0.0159. The maximum atomic E-state index is 13.5. The number of para-hydroxylation sites is 1. The van der Waals surface area contributed by atoms with E-state index < -0.39 is 5.97 Å². The van der Waals surface area contributed by atoms with Crippen LogP contribution in [0.1, 0.15) is 89.5 Å². The molecule has 1 heterocycles. The van der Waals surface area contributed by atoms with Crippen molar-refractivity contribution in [2.75, 3.05) is 24.8 Å². The maximum absolute atomic E-state index is 13.5. The van der Waals surface area contributed by atoms with Crippen molar-refractivity contribution in [1.29, 1.82) is 0 Å². The minimum absolute atomic E-state index is 0.173. The van der Waals surface area contributed by atoms with Crippen LogP contribution in [0.15, 0.2) is 97.1 Å². The van der Waals surface area contributed by atoms with E-state index in [4.69, 9.17) is 33.8 Å². The zero-order valence-corrected chi connectivity index (χ0v) is 35.7. The normalized spacial score (nSPS) is 18.8. The molecule has 12 nitrogen and oxygen atoms in total. The minimum Gasteiger partial charge on any atom is -0.494 e. The summed E-state index contributed by atoms with van der Waals surface area (Å²) in [5.74, 6) is 0.0433. The molecule has 0 aliphatic heterocycles. The molecule has 61 heavy (non-hydrogen) atoms. The summed E-state index contributed by atoms with van der Waals surface area (Å²) in [5.41, 5.74) is 1.34. The number of hydrazone groups is 1. The van der Waals surface area contributed by atoms with Crippen molar-refractivity contribution in [1.82, 2.24) is 4.98 Å². The van der Waals surface area contributed by atoms with E-state index in [0.717, 1.165) is 67.7 Å². The van der Waals surface area contributed by atoms with Crippen LogP contribution < -0.4 is 24.0 Å². The highest BCUT2D eigenvalue weighted by Gasteiger charge is 2.33. The summed E-state index contributed by atoms with van der Waals surface area (Å²) < 4.78 is 29.4. The number of fused-ring (bicyclic) bond motifs is 1. The molecule has 0 atom stereocenters. The highest BCUT2D eigenvalue weighted by molar-refractivity contribution is 7.22. The molecule has 4 aromatic rings. The van der Waals surface area contributed by atoms with Crippen LogP contribution in [-0.4, -0.2) is 54.8 Å². The molecule has 0 unspecified atom stereocenters. The number of anilines is 1. The molecule has 2 aliphatic carbocycles. The first kappa shape index (κ1) is 44.7. The van der Waals surface area contributed by atoms with Crippen LogP contribution in [0.4, 0.5) is 5.13 Å². The molecule has 322 valence electrons. The molecule has 6 rings (SSSR count). The van der Waals surface area contributed by atoms with Gasteiger partial charge in [-0.05, 0) is 138 Å². The number of rotatable bonds is 20. The second kappa shape index (κ2) is 22.7. The lowest BCUT2D eigenvalue weighted by Crippen LogP contribution is -2.30. The van der Waals surface area contributed by atoms with Crippen molar-refractivity contribution in [2.45, 2.75) is 84.0 Å². The lowest BCUT2D eigenvalue weighted by molar-refractivity contribution is -0.145. The van der Waals surface area contributed by atoms with E-state index in [2.05, 4.69) is 20.1 Å². The largest absolute Gasteiger partial charge is 0.494 e. The second-order valence-corrected chi connectivity index (χ2v) is 16.7. The molecule has 0 radical (unpaired) electrons. The summed E-state index contributed by atoms with van der Waals surface area (Å²) in [6, 6.07) is 19.8. The third kappa shape index (κ3) is 13.3. The van der Waals surface area contributed by atoms with Gasteiger partial charge in [0.05, 0.1) is 53.9 Å². The molecule has 1 aromatic heterocycles. The first-order chi connectivity index (χ1) is 29.7. The smallest absolute Gasteiger partial charge is 0.330 e. The number of hydrogen-bond acceptors (Lipinski definition) is 13. The van der Waals surface area contributed by atoms with E-state index in [1.54, 1.807) is 59.8 Å². The fourth-order valence-corrected chi connectivity index (χ4v) is 8.35. The van der Waals surface area contributed by atoms with Crippen molar-refractivity contribution in [3.05, 3.63) is 97.6 Å². The van der Waals surface area contributed by atoms with Gasteiger partial charge in [-0.1, -0.05) is 43.0 Å². The number of unbranched alkanes of at least 4 members (excludes halogenated alkanes) is 3. The number of aromatic nitrogens is 1. The SMILES string of the molecule is C=CCN(N=Cc1cc(OC(=O)C2CCC(C(=O)Oc3ccc(OCCCCCCOC(=O)C=C)cc3)CC2)ccc1OC(=O)C1CCC(C)CC1)c1nc2ccccc2s1. The van der Waals surface area contributed by atoms with Crippen LogP contribution in [0.5, 0.6) is 23.0 Å². The molecule has 0 spiro atoms. The Kier molecular flexibility index (Phi) is 16.6. The van der Waals surface area contributed by atoms with Gasteiger partial charge in [0, 0.05) is 11.6 Å². The standard InChI is InChI=1S/C48H55N3O9S/c1-4-28-51(48-50-41-12-8-9-13-43(41)61-48)49-32-37-31-40(26-27-42(37)60-47(55)34-16-14-33(3)15-17-34)59-46(54)36-20-18-35(19-21-36)45(53)58-39-24-22-38(23-25-39)56-29-10-6-7-11-30-57-44(52)5-2/h4-5,8-9,12-13,22-27,31-36H,1-2,6-7,10-11,14-21,28-30H2,3H3. The number of thiazole rings is 1. The Labute approximate surface area is 361 Å². The number of carbonyl (C=O) groups is 4. The molecular formula is C48H55N3O9S. The summed E-state index contributed by atoms with van der Waals surface area (Å²) in [5, 5.41) is 7.13. The van der Waals surface area contributed by atoms with Crippen LogP contribution in [-0.2, 0) is 23.9 Å². The number of ether oxygens (including phenoxy) is 5. The minimum atomic E-state index is -0.403. The highest BCUT2D eigenvalue weighted by atomic mass is 32.1. The number of esters is 4. The molecule has 3 aromatic carbocycles. The van der Waals surface area contributed by atoms with Gasteiger partial charge < -0.3 is 23.7 Å². The Morgan fingerprint density at radius 1 is 0.738 bits per heavy atom. The van der Waals surface area contributed by atoms with E-state index in [-0.39, 0.29) is 35.7 Å². The van der Waals surface area contributed by atoms with Gasteiger partial charge in [-0.2, -0.15) is 5.10 Å². The van der Waals surface area contributed by atoms with Gasteiger partial charge in [0.1, 0.15) is 23.0 Å². The Hall–Kier alpha value is -5.82. The van der Waals surface area contributed by atoms with Gasteiger partial charge in [-0.25, -0.2) is 14.8 Å². The summed E-state index contributed by atoms with van der Waals surface area (Å²) in [7, 11) is 0. The van der Waals surface area contributed by atoms with Crippen molar-refractivity contribution < 1.29 is 42.9 Å². The first-order valence-corrected chi connectivity index (χ1v) is 22.1. The van der Waals surface area contributed by atoms with Crippen LogP contribution in [0.2, 0.25) is 0 Å². The molecule has 2 aliphatic rings. The van der Waals surface area contributed by atoms with Gasteiger partial charge >= 0.3 is 23.9 Å². The van der Waals surface area contributed by atoms with E-state index in [9.17, 15) is 19.2 Å². The topological polar surface area (TPSA) is 143 Å². The van der Waals surface area contributed by atoms with Gasteiger partial charge in [0.2, 0.25) is 5.13 Å². The predicted molar refractivity (Wildman–Crippen MR) is 236 cm³/mol. The Morgan fingerprint density at radius 2 is 1.33 bits per heavy atom. The Bertz CT molecular complexity index is 2120. The highest BCUT2D eigenvalue weighted by Crippen LogP contribution is 2.34. The fourth-order valence-electron chi connectivity index (χ4n) is 7.42. The molecule has 2 fully saturated rings. The molecular weight excluding hydrogens is 795 g/mol. The van der Waals surface area contributed by atoms with Crippen molar-refractivity contribution >= 4 is 56.8 Å². The zero-order chi connectivity index (χ0) is 43.0. The van der Waals surface area contributed by atoms with Crippen molar-refractivity contribution in [2.24, 2.45) is 28.8 Å². The van der Waals surface area contributed by atoms with E-state index in [1.165, 1.54) is 11.3 Å². The average molecular weight is 850 g/mol. The van der Waals surface area contributed by atoms with Crippen LogP contribution in [0.25, 0.3) is 10.2 Å². The molecule has 0 N–H and O–H groups in total. The van der Waals surface area contributed by atoms with E-state index in [0.29, 0.717) is 85.1 Å². The van der Waals surface area contributed by atoms with Crippen LogP contribution in [0, 0.1) is 23.7 Å². The molecule has 13 heteroatoms. The lowest BCUT2D eigenvalue weighted by atomic mass is 9.82. The lowest BCUT2D eigenvalue weighted by Gasteiger charge is -2.26. The molecule has 0 bridgehead atoms. The summed E-state index contributed by atoms with van der Waals surface area (Å²) in [4.78, 5) is 55.7. The first-order valence-electron chi connectivity index (χ1n) is 21.3. The van der Waals surface area contributed by atoms with Crippen LogP contribution in [0.3, 0.4) is 0 Å². The second-order valence-electron chi connectivity index (χ2n) is 15.7. The number of nitrogens with zero attached hydrogens (tertiary/aromatic N) is 3. The van der Waals surface area contributed by atoms with Gasteiger partial charge in [0.25, 0.3) is 0 Å². The zero-order valence-electron chi connectivity index (χ0n) is 34.8. The maximum Gasteiger partial charge on any atom is 0.330 e. The van der Waals surface area contributed by atoms with E-state index >= 15 is 0 Å². The van der Waals surface area contributed by atoms with Crippen molar-refractivity contribution in [3.8, 4) is 23.0 Å². The van der Waals surface area contributed by atoms with Gasteiger partial charge in [0.15, 0.2) is 0 Å².